The number of alkyl halides is 9. The zero-order valence-electron chi connectivity index (χ0n) is 16.7. The minimum absolute atomic E-state index is 0.0773. The molecular formula is C17H12F9N3O5S. The zero-order chi connectivity index (χ0) is 27.2. The number of halogens is 9. The molecule has 2 rings (SSSR count). The highest BCUT2D eigenvalue weighted by Gasteiger charge is 2.44. The van der Waals surface area contributed by atoms with Gasteiger partial charge in [-0.05, 0) is 24.3 Å². The Morgan fingerprint density at radius 2 is 1.51 bits per heavy atom. The van der Waals surface area contributed by atoms with Crippen molar-refractivity contribution in [3.05, 3.63) is 52.2 Å². The third kappa shape index (κ3) is 10.2. The third-order valence-corrected chi connectivity index (χ3v) is 4.11. The van der Waals surface area contributed by atoms with Crippen LogP contribution in [0, 0.1) is 11.3 Å². The first-order valence-electron chi connectivity index (χ1n) is 8.67. The van der Waals surface area contributed by atoms with E-state index >= 15 is 0 Å². The average Bonchev–Trinajstić information content (AvgIpc) is 2.69. The highest BCUT2D eigenvalue weighted by Crippen LogP contribution is 2.24. The Balaban J connectivity index is 0.000000658. The highest BCUT2D eigenvalue weighted by molar-refractivity contribution is 7.86. The van der Waals surface area contributed by atoms with Crippen LogP contribution in [0.15, 0.2) is 35.1 Å². The molecule has 0 amide bonds. The summed E-state index contributed by atoms with van der Waals surface area (Å²) in [5.41, 5.74) is -6.58. The van der Waals surface area contributed by atoms with Gasteiger partial charge in [0.1, 0.15) is 23.3 Å². The van der Waals surface area contributed by atoms with Crippen LogP contribution in [-0.2, 0) is 16.5 Å². The van der Waals surface area contributed by atoms with E-state index in [-0.39, 0.29) is 23.0 Å². The van der Waals surface area contributed by atoms with Crippen LogP contribution in [0.4, 0.5) is 39.5 Å². The maximum atomic E-state index is 12.5. The van der Waals surface area contributed by atoms with E-state index in [0.717, 1.165) is 22.8 Å². The quantitative estimate of drug-likeness (QED) is 0.346. The van der Waals surface area contributed by atoms with E-state index in [9.17, 15) is 44.3 Å². The second-order valence-corrected chi connectivity index (χ2v) is 7.69. The lowest BCUT2D eigenvalue weighted by molar-refractivity contribution is -0.153. The molecule has 0 atom stereocenters. The van der Waals surface area contributed by atoms with Gasteiger partial charge in [0.15, 0.2) is 6.61 Å². The lowest BCUT2D eigenvalue weighted by Gasteiger charge is -2.14. The van der Waals surface area contributed by atoms with Crippen molar-refractivity contribution in [1.29, 1.82) is 5.26 Å². The van der Waals surface area contributed by atoms with Crippen molar-refractivity contribution >= 4 is 10.1 Å². The summed E-state index contributed by atoms with van der Waals surface area (Å²) in [4.78, 5) is 15.9. The van der Waals surface area contributed by atoms with Crippen LogP contribution in [-0.4, -0.2) is 47.0 Å². The fourth-order valence-electron chi connectivity index (χ4n) is 2.14. The summed E-state index contributed by atoms with van der Waals surface area (Å²) >= 11 is 0. The maximum absolute atomic E-state index is 12.5. The molecule has 2 aromatic rings. The first kappa shape index (κ1) is 29.7. The van der Waals surface area contributed by atoms with Crippen LogP contribution in [0.3, 0.4) is 0 Å². The molecule has 1 heterocycles. The predicted molar refractivity (Wildman–Crippen MR) is 98.1 cm³/mol. The number of aryl methyl sites for hydroxylation is 1. The second kappa shape index (κ2) is 10.9. The molecular weight excluding hydrogens is 529 g/mol. The molecule has 0 saturated carbocycles. The molecule has 0 fully saturated rings. The molecule has 8 nitrogen and oxygen atoms in total. The fourth-order valence-corrected chi connectivity index (χ4v) is 2.14. The lowest BCUT2D eigenvalue weighted by atomic mass is 10.2. The molecule has 0 aliphatic carbocycles. The number of benzene rings is 1. The largest absolute Gasteiger partial charge is 0.522 e. The second-order valence-electron chi connectivity index (χ2n) is 6.28. The molecule has 194 valence electrons. The van der Waals surface area contributed by atoms with Crippen molar-refractivity contribution in [2.24, 2.45) is 0 Å². The number of rotatable bonds is 5. The van der Waals surface area contributed by atoms with Gasteiger partial charge in [-0.25, -0.2) is 4.98 Å². The van der Waals surface area contributed by atoms with Gasteiger partial charge in [0, 0.05) is 12.5 Å². The van der Waals surface area contributed by atoms with Gasteiger partial charge < -0.3 is 4.74 Å². The monoisotopic (exact) mass is 541 g/mol. The summed E-state index contributed by atoms with van der Waals surface area (Å²) in [6.07, 6.45) is -10.9. The molecule has 1 aromatic carbocycles. The highest BCUT2D eigenvalue weighted by atomic mass is 32.2. The number of ether oxygens (including phenoxy) is 1. The van der Waals surface area contributed by atoms with Crippen LogP contribution >= 0.6 is 0 Å². The van der Waals surface area contributed by atoms with Crippen molar-refractivity contribution in [2.75, 3.05) is 6.61 Å². The van der Waals surface area contributed by atoms with Crippen molar-refractivity contribution in [2.45, 2.75) is 30.7 Å². The van der Waals surface area contributed by atoms with Crippen LogP contribution < -0.4 is 10.3 Å². The van der Waals surface area contributed by atoms with Gasteiger partial charge in [-0.1, -0.05) is 0 Å². The Hall–Kier alpha value is -3.33. The van der Waals surface area contributed by atoms with Gasteiger partial charge in [-0.3, -0.25) is 13.9 Å². The molecule has 0 aliphatic heterocycles. The van der Waals surface area contributed by atoms with Crippen molar-refractivity contribution in [3.8, 4) is 17.5 Å². The molecule has 1 N–H and O–H groups in total. The van der Waals surface area contributed by atoms with Gasteiger partial charge in [0.2, 0.25) is 0 Å². The summed E-state index contributed by atoms with van der Waals surface area (Å²) in [6.45, 7) is -1.51. The maximum Gasteiger partial charge on any atom is 0.522 e. The van der Waals surface area contributed by atoms with E-state index in [0.29, 0.717) is 0 Å². The Kier molecular flexibility index (Phi) is 9.29. The Labute approximate surface area is 189 Å². The zero-order valence-corrected chi connectivity index (χ0v) is 17.6. The average molecular weight is 541 g/mol. The molecule has 0 unspecified atom stereocenters. The molecule has 35 heavy (non-hydrogen) atoms. The summed E-state index contributed by atoms with van der Waals surface area (Å²) in [6, 6.07) is 7.13. The summed E-state index contributed by atoms with van der Waals surface area (Å²) in [7, 11) is -5.84. The molecule has 0 aliphatic rings. The number of hydrogen-bond donors (Lipinski definition) is 1. The van der Waals surface area contributed by atoms with Gasteiger partial charge in [-0.2, -0.15) is 53.2 Å². The smallest absolute Gasteiger partial charge is 0.484 e. The Morgan fingerprint density at radius 1 is 1.00 bits per heavy atom. The van der Waals surface area contributed by atoms with E-state index in [1.807, 2.05) is 0 Å². The normalized spacial score (nSPS) is 12.4. The van der Waals surface area contributed by atoms with E-state index in [1.165, 1.54) is 12.1 Å². The molecule has 0 radical (unpaired) electrons. The fraction of sp³-hybridized carbons (Fsp3) is 0.353. The number of nitrogens with zero attached hydrogens (tertiary/aromatic N) is 3. The van der Waals surface area contributed by atoms with Crippen LogP contribution in [0.1, 0.15) is 17.9 Å². The van der Waals surface area contributed by atoms with Gasteiger partial charge >= 0.3 is 28.0 Å². The molecule has 18 heteroatoms. The minimum Gasteiger partial charge on any atom is -0.484 e. The number of nitriles is 1. The summed E-state index contributed by atoms with van der Waals surface area (Å²) in [5.74, 6) is -0.428. The third-order valence-electron chi connectivity index (χ3n) is 3.52. The van der Waals surface area contributed by atoms with E-state index < -0.39 is 53.0 Å². The molecule has 1 aromatic heterocycles. The molecule has 0 bridgehead atoms. The number of aromatic nitrogens is 2. The summed E-state index contributed by atoms with van der Waals surface area (Å²) in [5, 5.41) is 8.85. The lowest BCUT2D eigenvalue weighted by Crippen LogP contribution is -2.25. The molecule has 0 saturated heterocycles. The van der Waals surface area contributed by atoms with Crippen LogP contribution in [0.5, 0.6) is 5.75 Å². The van der Waals surface area contributed by atoms with Gasteiger partial charge in [0.05, 0.1) is 12.1 Å². The van der Waals surface area contributed by atoms with Crippen LogP contribution in [0.25, 0.3) is 5.69 Å². The van der Waals surface area contributed by atoms with Gasteiger partial charge in [0.25, 0.3) is 5.56 Å². The van der Waals surface area contributed by atoms with E-state index in [2.05, 4.69) is 9.72 Å². The van der Waals surface area contributed by atoms with Crippen molar-refractivity contribution in [1.82, 2.24) is 9.55 Å². The number of hydrogen-bond acceptors (Lipinski definition) is 6. The summed E-state index contributed by atoms with van der Waals surface area (Å²) < 4.78 is 137. The first-order chi connectivity index (χ1) is 15.7. The SMILES string of the molecule is N#Cc1cc(=O)n(-c2ccc(OCC(F)(F)F)cc2)c(CCC(F)(F)F)n1.O=S(=O)(O)C(F)(F)F. The first-order valence-corrected chi connectivity index (χ1v) is 10.1. The minimum atomic E-state index is -5.84. The van der Waals surface area contributed by atoms with Gasteiger partial charge in [-0.15, -0.1) is 0 Å². The van der Waals surface area contributed by atoms with Crippen LogP contribution in [0.2, 0.25) is 0 Å². The Bertz CT molecular complexity index is 1210. The Morgan fingerprint density at radius 3 is 1.91 bits per heavy atom. The van der Waals surface area contributed by atoms with Crippen molar-refractivity contribution < 1.29 is 57.2 Å². The van der Waals surface area contributed by atoms with E-state index in [4.69, 9.17) is 18.2 Å². The molecule has 0 spiro atoms. The van der Waals surface area contributed by atoms with Crippen molar-refractivity contribution in [3.63, 3.8) is 0 Å². The van der Waals surface area contributed by atoms with E-state index in [1.54, 1.807) is 6.07 Å². The standard InChI is InChI=1S/C16H11F6N3O2.CHF3O3S/c17-15(18,19)6-5-13-24-10(8-23)7-14(26)25(13)11-1-3-12(4-2-11)27-9-16(20,21)22;2-1(3,4)8(5,6)7/h1-4,7H,5-6,9H2;(H,5,6,7). The predicted octanol–water partition coefficient (Wildman–Crippen LogP) is 3.93. The topological polar surface area (TPSA) is 122 Å².